The minimum Gasteiger partial charge on any atom is -0.457 e. The smallest absolute Gasteiger partial charge is 0.133 e. The molecule has 3 aromatic rings. The molecule has 4 N–H and O–H groups in total. The molecule has 1 fully saturated rings. The average Bonchev–Trinajstić information content (AvgIpc) is 3.23. The van der Waals surface area contributed by atoms with Gasteiger partial charge >= 0.3 is 0 Å². The van der Waals surface area contributed by atoms with Crippen LogP contribution in [-0.2, 0) is 0 Å². The maximum atomic E-state index is 6.61. The fourth-order valence-corrected chi connectivity index (χ4v) is 5.02. The van der Waals surface area contributed by atoms with Crippen LogP contribution in [0.15, 0.2) is 67.3 Å². The fraction of sp³-hybridized carbons (Fsp3) is 0.357. The van der Waals surface area contributed by atoms with Crippen LogP contribution >= 0.6 is 12.2 Å². The summed E-state index contributed by atoms with van der Waals surface area (Å²) in [4.78, 5) is 2.77. The zero-order chi connectivity index (χ0) is 24.8. The van der Waals surface area contributed by atoms with Crippen LogP contribution in [0.2, 0.25) is 0 Å². The Labute approximate surface area is 213 Å². The summed E-state index contributed by atoms with van der Waals surface area (Å²) in [5.41, 5.74) is 15.0. The van der Waals surface area contributed by atoms with Crippen molar-refractivity contribution in [3.63, 3.8) is 0 Å². The highest BCUT2D eigenvalue weighted by Gasteiger charge is 2.29. The van der Waals surface area contributed by atoms with Gasteiger partial charge in [0.15, 0.2) is 0 Å². The van der Waals surface area contributed by atoms with Crippen LogP contribution in [0.3, 0.4) is 0 Å². The number of anilines is 1. The topological polar surface area (TPSA) is 82.3 Å². The number of nitrogen functional groups attached to an aromatic ring is 1. The molecule has 2 atom stereocenters. The minimum absolute atomic E-state index is 0.162. The highest BCUT2D eigenvalue weighted by Crippen LogP contribution is 2.34. The lowest BCUT2D eigenvalue weighted by molar-refractivity contribution is 0.137. The summed E-state index contributed by atoms with van der Waals surface area (Å²) in [5.74, 6) is 2.07. The Morgan fingerprint density at radius 3 is 2.57 bits per heavy atom. The summed E-state index contributed by atoms with van der Waals surface area (Å²) in [6, 6.07) is 18.0. The van der Waals surface area contributed by atoms with Gasteiger partial charge in [-0.1, -0.05) is 56.3 Å². The second-order valence-corrected chi connectivity index (χ2v) is 9.53. The Morgan fingerprint density at radius 1 is 1.20 bits per heavy atom. The Morgan fingerprint density at radius 2 is 1.91 bits per heavy atom. The van der Waals surface area contributed by atoms with E-state index in [-0.39, 0.29) is 11.0 Å². The Hall–Kier alpha value is -3.16. The number of ether oxygens (including phenoxy) is 1. The molecule has 0 bridgehead atoms. The maximum absolute atomic E-state index is 6.61. The van der Waals surface area contributed by atoms with E-state index in [1.807, 2.05) is 59.3 Å². The molecular formula is C28H35N5OS. The van der Waals surface area contributed by atoms with E-state index in [9.17, 15) is 0 Å². The van der Waals surface area contributed by atoms with Crippen molar-refractivity contribution in [3.8, 4) is 22.8 Å². The molecule has 7 heteroatoms. The quantitative estimate of drug-likeness (QED) is 0.271. The molecule has 184 valence electrons. The lowest BCUT2D eigenvalue weighted by Crippen LogP contribution is -2.42. The van der Waals surface area contributed by atoms with Gasteiger partial charge in [0.05, 0.1) is 11.6 Å². The molecule has 0 spiro atoms. The molecule has 1 aliphatic heterocycles. The van der Waals surface area contributed by atoms with Crippen LogP contribution in [-0.4, -0.2) is 38.8 Å². The molecule has 0 amide bonds. The monoisotopic (exact) mass is 489 g/mol. The number of likely N-dealkylation sites (tertiary alicyclic amines) is 1. The van der Waals surface area contributed by atoms with Gasteiger partial charge in [-0.05, 0) is 62.2 Å². The third-order valence-electron chi connectivity index (χ3n) is 6.67. The summed E-state index contributed by atoms with van der Waals surface area (Å²) < 4.78 is 7.86. The third-order valence-corrected chi connectivity index (χ3v) is 6.87. The molecule has 0 radical (unpaired) electrons. The predicted octanol–water partition coefficient (Wildman–Crippen LogP) is 5.94. The molecule has 0 aliphatic carbocycles. The third kappa shape index (κ3) is 5.74. The predicted molar refractivity (Wildman–Crippen MR) is 148 cm³/mol. The first-order valence-electron chi connectivity index (χ1n) is 12.4. The van der Waals surface area contributed by atoms with E-state index in [0.717, 1.165) is 49.4 Å². The summed E-state index contributed by atoms with van der Waals surface area (Å²) in [6.07, 6.45) is 7.69. The highest BCUT2D eigenvalue weighted by atomic mass is 32.1. The van der Waals surface area contributed by atoms with Gasteiger partial charge in [-0.3, -0.25) is 4.90 Å². The molecule has 0 saturated carbocycles. The van der Waals surface area contributed by atoms with Crippen LogP contribution in [0.25, 0.3) is 11.3 Å². The zero-order valence-electron chi connectivity index (χ0n) is 20.4. The van der Waals surface area contributed by atoms with Crippen LogP contribution < -0.4 is 16.2 Å². The van der Waals surface area contributed by atoms with Crippen molar-refractivity contribution in [2.24, 2.45) is 5.73 Å². The van der Waals surface area contributed by atoms with Crippen LogP contribution in [0, 0.1) is 0 Å². The lowest BCUT2D eigenvalue weighted by atomic mass is 10.0. The first kappa shape index (κ1) is 24.9. The van der Waals surface area contributed by atoms with Crippen LogP contribution in [0.1, 0.15) is 50.6 Å². The van der Waals surface area contributed by atoms with E-state index >= 15 is 0 Å². The van der Waals surface area contributed by atoms with Gasteiger partial charge in [0.1, 0.15) is 28.0 Å². The summed E-state index contributed by atoms with van der Waals surface area (Å²) >= 11 is 5.39. The molecular weight excluding hydrogens is 454 g/mol. The average molecular weight is 490 g/mol. The number of aromatic nitrogens is 2. The number of nitrogens with zero attached hydrogens (tertiary/aromatic N) is 3. The Bertz CT molecular complexity index is 1140. The van der Waals surface area contributed by atoms with E-state index < -0.39 is 0 Å². The minimum atomic E-state index is 0.162. The van der Waals surface area contributed by atoms with Gasteiger partial charge in [0, 0.05) is 18.2 Å². The van der Waals surface area contributed by atoms with Crippen molar-refractivity contribution in [1.29, 1.82) is 0 Å². The number of hydrogen-bond donors (Lipinski definition) is 2. The largest absolute Gasteiger partial charge is 0.457 e. The van der Waals surface area contributed by atoms with Crippen molar-refractivity contribution in [1.82, 2.24) is 14.7 Å². The second-order valence-electron chi connectivity index (χ2n) is 9.09. The van der Waals surface area contributed by atoms with Gasteiger partial charge in [0.25, 0.3) is 0 Å². The van der Waals surface area contributed by atoms with Crippen molar-refractivity contribution in [3.05, 3.63) is 72.8 Å². The van der Waals surface area contributed by atoms with Gasteiger partial charge in [-0.2, -0.15) is 5.10 Å². The molecule has 35 heavy (non-hydrogen) atoms. The molecule has 1 aliphatic rings. The van der Waals surface area contributed by atoms with E-state index in [0.29, 0.717) is 23.1 Å². The van der Waals surface area contributed by atoms with Crippen molar-refractivity contribution in [2.45, 2.75) is 51.1 Å². The molecule has 2 heterocycles. The number of para-hydroxylation sites is 1. The number of thiocarbonyl (C=S) groups is 1. The number of unbranched alkanes of at least 4 members (excludes halogenated alkanes) is 1. The molecule has 6 nitrogen and oxygen atoms in total. The second kappa shape index (κ2) is 11.5. The van der Waals surface area contributed by atoms with Crippen molar-refractivity contribution >= 4 is 23.0 Å². The van der Waals surface area contributed by atoms with E-state index in [2.05, 4.69) is 24.5 Å². The zero-order valence-corrected chi connectivity index (χ0v) is 21.2. The summed E-state index contributed by atoms with van der Waals surface area (Å²) in [6.45, 7) is 8.26. The SMILES string of the molecule is C=CC(CCCC)N1CCCC(n2nc(-c3ccc(Oc4ccccc4)cc3)c(C(N)=S)c2N)C1. The number of rotatable bonds is 10. The van der Waals surface area contributed by atoms with Gasteiger partial charge in [-0.15, -0.1) is 6.58 Å². The fourth-order valence-electron chi connectivity index (χ4n) is 4.82. The first-order chi connectivity index (χ1) is 17.0. The van der Waals surface area contributed by atoms with Gasteiger partial charge in [0.2, 0.25) is 0 Å². The van der Waals surface area contributed by atoms with Gasteiger partial charge in [-0.25, -0.2) is 4.68 Å². The molecule has 2 unspecified atom stereocenters. The summed E-state index contributed by atoms with van der Waals surface area (Å²) in [7, 11) is 0. The lowest BCUT2D eigenvalue weighted by Gasteiger charge is -2.37. The van der Waals surface area contributed by atoms with Crippen LogP contribution in [0.4, 0.5) is 5.82 Å². The highest BCUT2D eigenvalue weighted by molar-refractivity contribution is 7.80. The summed E-state index contributed by atoms with van der Waals surface area (Å²) in [5, 5.41) is 4.95. The molecule has 2 aromatic carbocycles. The number of nitrogens with two attached hydrogens (primary N) is 2. The van der Waals surface area contributed by atoms with E-state index in [1.54, 1.807) is 0 Å². The Kier molecular flexibility index (Phi) is 8.21. The Balaban J connectivity index is 1.59. The molecule has 1 aromatic heterocycles. The van der Waals surface area contributed by atoms with Gasteiger partial charge < -0.3 is 16.2 Å². The number of hydrogen-bond acceptors (Lipinski definition) is 5. The molecule has 1 saturated heterocycles. The maximum Gasteiger partial charge on any atom is 0.133 e. The van der Waals surface area contributed by atoms with Crippen molar-refractivity contribution < 1.29 is 4.74 Å². The standard InChI is InChI=1S/C28H35N5OS/c1-3-5-10-21(4-2)32-18-9-11-22(19-32)33-27(29)25(28(30)35)26(31-33)20-14-16-24(17-15-20)34-23-12-7-6-8-13-23/h4,6-8,12-17,21-22H,2-3,5,9-11,18-19,29H2,1H3,(H2,30,35). The van der Waals surface area contributed by atoms with Crippen LogP contribution in [0.5, 0.6) is 11.5 Å². The van der Waals surface area contributed by atoms with E-state index in [4.69, 9.17) is 33.5 Å². The van der Waals surface area contributed by atoms with Crippen molar-refractivity contribution in [2.75, 3.05) is 18.8 Å². The first-order valence-corrected chi connectivity index (χ1v) is 12.8. The van der Waals surface area contributed by atoms with E-state index in [1.165, 1.54) is 12.8 Å². The molecule has 4 rings (SSSR count). The normalized spacial score (nSPS) is 17.1. The number of piperidine rings is 1. The number of benzene rings is 2.